The van der Waals surface area contributed by atoms with Gasteiger partial charge in [0.05, 0.1) is 33.8 Å². The fourth-order valence-electron chi connectivity index (χ4n) is 4.58. The standard InChI is InChI=1S/C32H63N3O7/c1-7-9-10-11-12-13-14-15-16-17-18-19-20-21-22-23-24-33-31(37)41-30(28(3)39-6)42-32(38)34-25-26-35(4,5)27-29(36)40-8-2/h28,30H,7-27H2,1-6H3,(H-,33,34,37,38)/p+1. The Morgan fingerprint density at radius 1 is 0.667 bits per heavy atom. The van der Waals surface area contributed by atoms with Crippen molar-refractivity contribution in [3.05, 3.63) is 0 Å². The van der Waals surface area contributed by atoms with Gasteiger partial charge in [0.1, 0.15) is 6.10 Å². The number of alkyl carbamates (subject to hydrolysis) is 2. The van der Waals surface area contributed by atoms with Crippen molar-refractivity contribution in [2.75, 3.05) is 54.0 Å². The third-order valence-corrected chi connectivity index (χ3v) is 7.35. The van der Waals surface area contributed by atoms with E-state index in [2.05, 4.69) is 17.6 Å². The zero-order chi connectivity index (χ0) is 31.5. The van der Waals surface area contributed by atoms with E-state index in [9.17, 15) is 14.4 Å². The summed E-state index contributed by atoms with van der Waals surface area (Å²) in [4.78, 5) is 36.3. The highest BCUT2D eigenvalue weighted by Crippen LogP contribution is 2.14. The second-order valence-electron chi connectivity index (χ2n) is 11.9. The monoisotopic (exact) mass is 602 g/mol. The van der Waals surface area contributed by atoms with Crippen LogP contribution in [0.4, 0.5) is 9.59 Å². The smallest absolute Gasteiger partial charge is 0.410 e. The van der Waals surface area contributed by atoms with Crippen LogP contribution in [0.3, 0.4) is 0 Å². The summed E-state index contributed by atoms with van der Waals surface area (Å²) in [6, 6.07) is 0. The Morgan fingerprint density at radius 3 is 1.52 bits per heavy atom. The summed E-state index contributed by atoms with van der Waals surface area (Å²) in [5, 5.41) is 5.37. The number of carbonyl (C=O) groups excluding carboxylic acids is 3. The first-order valence-electron chi connectivity index (χ1n) is 16.5. The minimum Gasteiger partial charge on any atom is -0.462 e. The van der Waals surface area contributed by atoms with Gasteiger partial charge in [0.15, 0.2) is 6.54 Å². The first-order chi connectivity index (χ1) is 20.1. The third-order valence-electron chi connectivity index (χ3n) is 7.35. The summed E-state index contributed by atoms with van der Waals surface area (Å²) in [6.45, 7) is 7.46. The van der Waals surface area contributed by atoms with Crippen molar-refractivity contribution < 1.29 is 37.8 Å². The predicted octanol–water partition coefficient (Wildman–Crippen LogP) is 6.70. The number of nitrogens with one attached hydrogen (secondary N) is 2. The van der Waals surface area contributed by atoms with E-state index in [-0.39, 0.29) is 19.1 Å². The van der Waals surface area contributed by atoms with Gasteiger partial charge in [-0.15, -0.1) is 0 Å². The molecule has 42 heavy (non-hydrogen) atoms. The molecule has 0 radical (unpaired) electrons. The van der Waals surface area contributed by atoms with Crippen LogP contribution in [0.2, 0.25) is 0 Å². The van der Waals surface area contributed by atoms with Crippen LogP contribution in [-0.2, 0) is 23.7 Å². The molecular formula is C32H64N3O7+. The lowest BCUT2D eigenvalue weighted by Crippen LogP contribution is -2.49. The van der Waals surface area contributed by atoms with Crippen molar-refractivity contribution in [1.82, 2.24) is 10.6 Å². The van der Waals surface area contributed by atoms with Gasteiger partial charge in [0.2, 0.25) is 0 Å². The zero-order valence-electron chi connectivity index (χ0n) is 27.8. The molecule has 2 N–H and O–H groups in total. The van der Waals surface area contributed by atoms with E-state index in [0.29, 0.717) is 24.2 Å². The van der Waals surface area contributed by atoms with E-state index in [4.69, 9.17) is 18.9 Å². The summed E-state index contributed by atoms with van der Waals surface area (Å²) >= 11 is 0. The molecule has 0 bridgehead atoms. The Balaban J connectivity index is 3.94. The lowest BCUT2D eigenvalue weighted by Gasteiger charge is -2.28. The molecule has 2 amide bonds. The Kier molecular flexibility index (Phi) is 25.2. The highest BCUT2D eigenvalue weighted by Gasteiger charge is 2.26. The van der Waals surface area contributed by atoms with Crippen LogP contribution in [-0.4, -0.2) is 89.0 Å². The maximum absolute atomic E-state index is 12.3. The van der Waals surface area contributed by atoms with E-state index < -0.39 is 24.6 Å². The molecule has 0 aromatic heterocycles. The van der Waals surface area contributed by atoms with Crippen LogP contribution >= 0.6 is 0 Å². The normalized spacial score (nSPS) is 12.8. The zero-order valence-corrected chi connectivity index (χ0v) is 27.8. The Hall–Kier alpha value is -2.07. The van der Waals surface area contributed by atoms with Crippen molar-refractivity contribution in [3.63, 3.8) is 0 Å². The van der Waals surface area contributed by atoms with Gasteiger partial charge >= 0.3 is 18.2 Å². The van der Waals surface area contributed by atoms with E-state index in [0.717, 1.165) is 19.3 Å². The van der Waals surface area contributed by atoms with Crippen molar-refractivity contribution in [2.24, 2.45) is 0 Å². The molecule has 0 rings (SSSR count). The fraction of sp³-hybridized carbons (Fsp3) is 0.906. The number of rotatable bonds is 27. The lowest BCUT2D eigenvalue weighted by atomic mass is 10.0. The second-order valence-corrected chi connectivity index (χ2v) is 11.9. The van der Waals surface area contributed by atoms with Crippen LogP contribution < -0.4 is 10.6 Å². The first kappa shape index (κ1) is 39.9. The lowest BCUT2D eigenvalue weighted by molar-refractivity contribution is -0.881. The topological polar surface area (TPSA) is 112 Å². The summed E-state index contributed by atoms with van der Waals surface area (Å²) < 4.78 is 21.1. The summed E-state index contributed by atoms with van der Waals surface area (Å²) in [5.74, 6) is -0.293. The highest BCUT2D eigenvalue weighted by molar-refractivity contribution is 5.70. The number of hydrogen-bond acceptors (Lipinski definition) is 7. The summed E-state index contributed by atoms with van der Waals surface area (Å²) in [7, 11) is 5.19. The van der Waals surface area contributed by atoms with E-state index in [1.54, 1.807) is 13.8 Å². The molecule has 248 valence electrons. The van der Waals surface area contributed by atoms with Gasteiger partial charge in [-0.25, -0.2) is 14.4 Å². The summed E-state index contributed by atoms with van der Waals surface area (Å²) in [6.07, 6.45) is 17.5. The average Bonchev–Trinajstić information content (AvgIpc) is 2.93. The van der Waals surface area contributed by atoms with E-state index in [1.165, 1.54) is 90.6 Å². The van der Waals surface area contributed by atoms with Gasteiger partial charge in [-0.3, -0.25) is 0 Å². The van der Waals surface area contributed by atoms with Crippen molar-refractivity contribution in [3.8, 4) is 0 Å². The molecule has 0 aromatic carbocycles. The number of hydrogen-bond donors (Lipinski definition) is 2. The molecule has 2 unspecified atom stereocenters. The predicted molar refractivity (Wildman–Crippen MR) is 167 cm³/mol. The largest absolute Gasteiger partial charge is 0.462 e. The quantitative estimate of drug-likeness (QED) is 0.0466. The van der Waals surface area contributed by atoms with Gasteiger partial charge in [-0.2, -0.15) is 0 Å². The van der Waals surface area contributed by atoms with Crippen LogP contribution in [0.25, 0.3) is 0 Å². The number of ether oxygens (including phenoxy) is 4. The number of quaternary nitrogens is 1. The average molecular weight is 603 g/mol. The molecule has 2 atom stereocenters. The van der Waals surface area contributed by atoms with Gasteiger partial charge in [-0.05, 0) is 20.3 Å². The van der Waals surface area contributed by atoms with Gasteiger partial charge < -0.3 is 34.1 Å². The van der Waals surface area contributed by atoms with E-state index in [1.807, 2.05) is 14.1 Å². The molecule has 0 saturated heterocycles. The number of nitrogens with zero attached hydrogens (tertiary/aromatic N) is 1. The maximum atomic E-state index is 12.3. The second kappa shape index (κ2) is 26.5. The number of esters is 1. The minimum absolute atomic E-state index is 0.191. The number of likely N-dealkylation sites (N-methyl/N-ethyl adjacent to an activating group) is 1. The Bertz CT molecular complexity index is 691. The fourth-order valence-corrected chi connectivity index (χ4v) is 4.58. The molecule has 0 heterocycles. The van der Waals surface area contributed by atoms with Crippen LogP contribution in [0.5, 0.6) is 0 Å². The van der Waals surface area contributed by atoms with Gasteiger partial charge in [0, 0.05) is 13.7 Å². The van der Waals surface area contributed by atoms with Crippen molar-refractivity contribution in [1.29, 1.82) is 0 Å². The molecule has 0 aromatic rings. The molecule has 10 heteroatoms. The summed E-state index contributed by atoms with van der Waals surface area (Å²) in [5.41, 5.74) is 0. The third kappa shape index (κ3) is 24.5. The number of carbonyl (C=O) groups is 3. The molecular weight excluding hydrogens is 538 g/mol. The van der Waals surface area contributed by atoms with Crippen LogP contribution in [0, 0.1) is 0 Å². The maximum Gasteiger partial charge on any atom is 0.410 e. The molecule has 0 fully saturated rings. The molecule has 0 aliphatic heterocycles. The number of methoxy groups -OCH3 is 1. The van der Waals surface area contributed by atoms with Crippen molar-refractivity contribution >= 4 is 18.2 Å². The minimum atomic E-state index is -1.19. The molecule has 0 aliphatic rings. The Labute approximate surface area is 256 Å². The van der Waals surface area contributed by atoms with Gasteiger partial charge in [-0.1, -0.05) is 103 Å². The Morgan fingerprint density at radius 2 is 1.10 bits per heavy atom. The van der Waals surface area contributed by atoms with Crippen molar-refractivity contribution in [2.45, 2.75) is 136 Å². The van der Waals surface area contributed by atoms with E-state index >= 15 is 0 Å². The van der Waals surface area contributed by atoms with Crippen LogP contribution in [0.15, 0.2) is 0 Å². The molecule has 10 nitrogen and oxygen atoms in total. The van der Waals surface area contributed by atoms with Crippen LogP contribution in [0.1, 0.15) is 124 Å². The SMILES string of the molecule is CCCCCCCCCCCCCCCCCCNC(=O)OC(OC(=O)NCC[N+](C)(C)CC(=O)OCC)C(C)OC. The molecule has 0 spiro atoms. The molecule has 0 saturated carbocycles. The molecule has 0 aliphatic carbocycles. The number of unbranched alkanes of at least 4 members (excludes halogenated alkanes) is 15. The van der Waals surface area contributed by atoms with Gasteiger partial charge in [0.25, 0.3) is 6.29 Å². The highest BCUT2D eigenvalue weighted by atomic mass is 16.7. The first-order valence-corrected chi connectivity index (χ1v) is 16.5. The number of amides is 2.